The number of phenols is 2. The number of rotatable bonds is 10. The summed E-state index contributed by atoms with van der Waals surface area (Å²) in [5.41, 5.74) is 5.32. The first-order valence-corrected chi connectivity index (χ1v) is 17.5. The number of pyridine rings is 2. The quantitative estimate of drug-likeness (QED) is 0.0769. The van der Waals surface area contributed by atoms with Crippen LogP contribution in [0.5, 0.6) is 11.5 Å². The molecule has 8 aromatic rings. The van der Waals surface area contributed by atoms with E-state index in [0.717, 1.165) is 21.9 Å². The maximum absolute atomic E-state index is 11.1. The van der Waals surface area contributed by atoms with Crippen LogP contribution in [0.1, 0.15) is 34.3 Å². The molecule has 1 radical (unpaired) electrons. The normalized spacial score (nSPS) is 11.6. The molecule has 0 spiro atoms. The van der Waals surface area contributed by atoms with Crippen LogP contribution >= 0.6 is 0 Å². The molecule has 6 aromatic carbocycles. The molecule has 0 bridgehead atoms. The Morgan fingerprint density at radius 1 is 0.491 bits per heavy atom. The molecule has 2 atom stereocenters. The molecule has 0 aliphatic heterocycles. The number of phenolic OH excluding ortho intramolecular Hbond substituents is 2. The Balaban J connectivity index is 0.000000189. The first kappa shape index (κ1) is 39.3. The van der Waals surface area contributed by atoms with E-state index in [-0.39, 0.29) is 39.7 Å². The van der Waals surface area contributed by atoms with Crippen LogP contribution in [0, 0.1) is 20.2 Å². The zero-order valence-electron chi connectivity index (χ0n) is 30.0. The topological polar surface area (TPSA) is 177 Å². The summed E-state index contributed by atoms with van der Waals surface area (Å²) >= 11 is 0. The number of nitrogens with one attached hydrogen (secondary N) is 2. The van der Waals surface area contributed by atoms with Crippen molar-refractivity contribution in [2.75, 3.05) is 10.6 Å². The zero-order valence-corrected chi connectivity index (χ0v) is 31.0. The van der Waals surface area contributed by atoms with Crippen molar-refractivity contribution in [3.8, 4) is 11.5 Å². The van der Waals surface area contributed by atoms with E-state index in [1.54, 1.807) is 36.7 Å². The smallest absolute Gasteiger partial charge is 0.271 e. The Bertz CT molecular complexity index is 2480. The maximum atomic E-state index is 11.1. The second-order valence-electron chi connectivity index (χ2n) is 12.7. The van der Waals surface area contributed by atoms with Crippen molar-refractivity contribution in [1.82, 2.24) is 9.97 Å². The Morgan fingerprint density at radius 2 is 0.895 bits per heavy atom. The van der Waals surface area contributed by atoms with E-state index in [0.29, 0.717) is 33.5 Å². The number of aromatic hydroxyl groups is 2. The molecule has 8 rings (SSSR count). The molecule has 4 N–H and O–H groups in total. The van der Waals surface area contributed by atoms with E-state index in [2.05, 4.69) is 20.6 Å². The van der Waals surface area contributed by atoms with E-state index < -0.39 is 21.9 Å². The van der Waals surface area contributed by atoms with Crippen molar-refractivity contribution in [3.05, 3.63) is 213 Å². The average molecular weight is 802 g/mol. The van der Waals surface area contributed by atoms with Gasteiger partial charge in [-0.25, -0.2) is 0 Å². The van der Waals surface area contributed by atoms with E-state index in [1.807, 2.05) is 109 Å². The Labute approximate surface area is 337 Å². The summed E-state index contributed by atoms with van der Waals surface area (Å²) in [6.07, 6.45) is 3.27. The van der Waals surface area contributed by atoms with Crippen molar-refractivity contribution in [2.45, 2.75) is 12.1 Å². The number of benzene rings is 6. The van der Waals surface area contributed by atoms with Gasteiger partial charge in [-0.1, -0.05) is 109 Å². The van der Waals surface area contributed by atoms with Crippen LogP contribution in [0.4, 0.5) is 22.7 Å². The first-order valence-electron chi connectivity index (χ1n) is 17.5. The van der Waals surface area contributed by atoms with Crippen molar-refractivity contribution < 1.29 is 36.8 Å². The second-order valence-corrected chi connectivity index (χ2v) is 12.7. The van der Waals surface area contributed by atoms with Gasteiger partial charge in [0.15, 0.2) is 0 Å². The van der Waals surface area contributed by atoms with Crippen molar-refractivity contribution >= 4 is 44.6 Å². The summed E-state index contributed by atoms with van der Waals surface area (Å²) in [4.78, 5) is 29.9. The van der Waals surface area contributed by atoms with Gasteiger partial charge in [0.05, 0.1) is 21.9 Å². The number of non-ortho nitro benzene ring substituents is 2. The summed E-state index contributed by atoms with van der Waals surface area (Å²) in [5, 5.41) is 52.3. The van der Waals surface area contributed by atoms with Gasteiger partial charge < -0.3 is 20.8 Å². The molecule has 2 unspecified atom stereocenters. The van der Waals surface area contributed by atoms with Gasteiger partial charge >= 0.3 is 0 Å². The number of nitro benzene ring substituents is 2. The van der Waals surface area contributed by atoms with Crippen LogP contribution in [0.2, 0.25) is 0 Å². The number of fused-ring (bicyclic) bond motifs is 2. The third kappa shape index (κ3) is 8.97. The molecule has 285 valence electrons. The van der Waals surface area contributed by atoms with Gasteiger partial charge in [-0.05, 0) is 35.4 Å². The molecule has 12 nitrogen and oxygen atoms in total. The Morgan fingerprint density at radius 3 is 1.28 bits per heavy atom. The average Bonchev–Trinajstić information content (AvgIpc) is 3.24. The van der Waals surface area contributed by atoms with Gasteiger partial charge in [-0.3, -0.25) is 30.2 Å². The number of anilines is 2. The zero-order chi connectivity index (χ0) is 39.0. The third-order valence-electron chi connectivity index (χ3n) is 9.18. The van der Waals surface area contributed by atoms with Gasteiger partial charge in [0.1, 0.15) is 22.5 Å². The molecule has 0 aliphatic rings. The van der Waals surface area contributed by atoms with E-state index in [4.69, 9.17) is 0 Å². The molecular formula is C44H34CoN6O6. The van der Waals surface area contributed by atoms with E-state index >= 15 is 0 Å². The fraction of sp³-hybridized carbons (Fsp3) is 0.0455. The van der Waals surface area contributed by atoms with E-state index in [9.17, 15) is 30.4 Å². The second kappa shape index (κ2) is 17.9. The molecule has 0 fully saturated rings. The fourth-order valence-corrected chi connectivity index (χ4v) is 6.48. The molecule has 2 aromatic heterocycles. The van der Waals surface area contributed by atoms with Crippen LogP contribution < -0.4 is 10.6 Å². The van der Waals surface area contributed by atoms with Gasteiger partial charge in [0, 0.05) is 86.7 Å². The molecule has 0 aliphatic carbocycles. The summed E-state index contributed by atoms with van der Waals surface area (Å²) < 4.78 is 0. The van der Waals surface area contributed by atoms with Gasteiger partial charge in [0.25, 0.3) is 11.4 Å². The maximum Gasteiger partial charge on any atom is 0.271 e. The Kier molecular flexibility index (Phi) is 12.3. The van der Waals surface area contributed by atoms with Crippen molar-refractivity contribution in [2.24, 2.45) is 0 Å². The van der Waals surface area contributed by atoms with Crippen LogP contribution in [-0.2, 0) is 16.8 Å². The van der Waals surface area contributed by atoms with Crippen LogP contribution in [0.3, 0.4) is 0 Å². The van der Waals surface area contributed by atoms with Crippen molar-refractivity contribution in [1.29, 1.82) is 0 Å². The number of aromatic nitrogens is 2. The summed E-state index contributed by atoms with van der Waals surface area (Å²) in [5.74, 6) is 0.176. The molecule has 57 heavy (non-hydrogen) atoms. The minimum atomic E-state index is -0.430. The molecule has 0 saturated carbocycles. The first-order chi connectivity index (χ1) is 27.3. The number of hydrogen-bond acceptors (Lipinski definition) is 10. The summed E-state index contributed by atoms with van der Waals surface area (Å²) in [6, 6.07) is 46.0. The Hall–Kier alpha value is -7.35. The fourth-order valence-electron chi connectivity index (χ4n) is 6.48. The molecule has 13 heteroatoms. The molecular weight excluding hydrogens is 767 g/mol. The predicted octanol–water partition coefficient (Wildman–Crippen LogP) is 10.1. The minimum Gasteiger partial charge on any atom is -0.505 e. The molecule has 0 saturated heterocycles. The summed E-state index contributed by atoms with van der Waals surface area (Å²) in [6.45, 7) is 0. The summed E-state index contributed by atoms with van der Waals surface area (Å²) in [7, 11) is 0. The SMILES string of the molecule is O=[N+]([O-])c1cccc(NC(c2ccccc2)c2ccc3cccnc3c2O)c1.O=[N+]([O-])c1cccc(NC(c2ccccc2)c2ccc3cccnc3c2O)c1.[Co]. The van der Waals surface area contributed by atoms with Gasteiger partial charge in [-0.15, -0.1) is 0 Å². The number of hydrogen-bond donors (Lipinski definition) is 4. The predicted molar refractivity (Wildman–Crippen MR) is 217 cm³/mol. The molecule has 0 amide bonds. The third-order valence-corrected chi connectivity index (χ3v) is 9.18. The van der Waals surface area contributed by atoms with Crippen molar-refractivity contribution in [3.63, 3.8) is 0 Å². The largest absolute Gasteiger partial charge is 0.505 e. The monoisotopic (exact) mass is 801 g/mol. The standard InChI is InChI=1S/2C22H17N3O3.Co/c2*26-22-19(12-11-16-8-5-13-23-21(16)22)20(15-6-2-1-3-7-15)24-17-9-4-10-18(14-17)25(27)28;/h2*1-14,20,24,26H;. The van der Waals surface area contributed by atoms with Gasteiger partial charge in [-0.2, -0.15) is 0 Å². The van der Waals surface area contributed by atoms with Crippen LogP contribution in [0.25, 0.3) is 21.8 Å². The minimum absolute atomic E-state index is 0. The number of nitrogens with zero attached hydrogens (tertiary/aromatic N) is 4. The van der Waals surface area contributed by atoms with E-state index in [1.165, 1.54) is 24.3 Å². The van der Waals surface area contributed by atoms with Crippen LogP contribution in [-0.4, -0.2) is 30.0 Å². The number of nitro groups is 2. The van der Waals surface area contributed by atoms with Gasteiger partial charge in [0.2, 0.25) is 0 Å². The molecule has 2 heterocycles. The van der Waals surface area contributed by atoms with Crippen LogP contribution in [0.15, 0.2) is 170 Å².